The van der Waals surface area contributed by atoms with Crippen molar-refractivity contribution < 1.29 is 14.3 Å². The Labute approximate surface area is 209 Å². The van der Waals surface area contributed by atoms with Crippen LogP contribution in [0.25, 0.3) is 6.08 Å². The molecule has 174 valence electrons. The van der Waals surface area contributed by atoms with E-state index in [1.54, 1.807) is 24.3 Å². The van der Waals surface area contributed by atoms with Crippen molar-refractivity contribution in [1.29, 1.82) is 5.26 Å². The maximum atomic E-state index is 12.6. The smallest absolute Gasteiger partial charge is 0.266 e. The third-order valence-electron chi connectivity index (χ3n) is 5.27. The van der Waals surface area contributed by atoms with Crippen LogP contribution in [-0.2, 0) is 11.4 Å². The molecule has 0 spiro atoms. The predicted octanol–water partition coefficient (Wildman–Crippen LogP) is 6.90. The van der Waals surface area contributed by atoms with Gasteiger partial charge in [0.1, 0.15) is 18.2 Å². The van der Waals surface area contributed by atoms with E-state index in [2.05, 4.69) is 47.2 Å². The van der Waals surface area contributed by atoms with Crippen LogP contribution in [-0.4, -0.2) is 12.5 Å². The molecule has 0 aliphatic heterocycles. The molecule has 0 atom stereocenters. The van der Waals surface area contributed by atoms with E-state index < -0.39 is 5.91 Å². The summed E-state index contributed by atoms with van der Waals surface area (Å²) < 4.78 is 12.6. The zero-order chi connectivity index (χ0) is 24.7. The van der Waals surface area contributed by atoms with Gasteiger partial charge < -0.3 is 14.8 Å². The number of rotatable bonds is 8. The zero-order valence-electron chi connectivity index (χ0n) is 19.7. The topological polar surface area (TPSA) is 71.3 Å². The fraction of sp³-hybridized carbons (Fsp3) is 0.214. The first-order valence-electron chi connectivity index (χ1n) is 11.0. The molecule has 0 bridgehead atoms. The number of carbonyl (C=O) groups excluding carboxylic acids is 1. The second-order valence-electron chi connectivity index (χ2n) is 7.96. The first-order chi connectivity index (χ1) is 16.3. The van der Waals surface area contributed by atoms with Gasteiger partial charge in [0.05, 0.1) is 11.1 Å². The van der Waals surface area contributed by atoms with Crippen molar-refractivity contribution in [2.24, 2.45) is 0 Å². The van der Waals surface area contributed by atoms with Crippen molar-refractivity contribution in [2.75, 3.05) is 11.9 Å². The molecule has 3 rings (SSSR count). The number of nitrogens with one attached hydrogen (secondary N) is 1. The minimum Gasteiger partial charge on any atom is -0.490 e. The Hall–Kier alpha value is -3.56. The third kappa shape index (κ3) is 6.49. The Kier molecular flexibility index (Phi) is 8.50. The lowest BCUT2D eigenvalue weighted by Gasteiger charge is -2.15. The van der Waals surface area contributed by atoms with Crippen molar-refractivity contribution in [3.05, 3.63) is 92.5 Å². The number of hydrogen-bond acceptors (Lipinski definition) is 4. The van der Waals surface area contributed by atoms with Gasteiger partial charge in [0.15, 0.2) is 11.5 Å². The van der Waals surface area contributed by atoms with Crippen LogP contribution in [0.4, 0.5) is 5.69 Å². The summed E-state index contributed by atoms with van der Waals surface area (Å²) in [6.45, 7) is 8.83. The molecule has 0 aliphatic carbocycles. The van der Waals surface area contributed by atoms with Gasteiger partial charge >= 0.3 is 0 Å². The molecule has 5 nitrogen and oxygen atoms in total. The molecule has 1 amide bonds. The molecule has 0 fully saturated rings. The summed E-state index contributed by atoms with van der Waals surface area (Å²) in [5, 5.41) is 12.3. The Bertz CT molecular complexity index is 1260. The van der Waals surface area contributed by atoms with Gasteiger partial charge in [-0.1, -0.05) is 35.9 Å². The number of carbonyl (C=O) groups is 1. The summed E-state index contributed by atoms with van der Waals surface area (Å²) in [5.74, 6) is 0.624. The first-order valence-corrected chi connectivity index (χ1v) is 11.7. The Morgan fingerprint density at radius 3 is 2.41 bits per heavy atom. The number of nitriles is 1. The summed E-state index contributed by atoms with van der Waals surface area (Å²) in [5.41, 5.74) is 5.84. The van der Waals surface area contributed by atoms with Gasteiger partial charge in [-0.05, 0) is 96.2 Å². The van der Waals surface area contributed by atoms with Crippen molar-refractivity contribution in [3.8, 4) is 17.6 Å². The molecule has 1 N–H and O–H groups in total. The van der Waals surface area contributed by atoms with E-state index in [4.69, 9.17) is 9.47 Å². The number of hydrogen-bond donors (Lipinski definition) is 1. The molecule has 0 saturated carbocycles. The van der Waals surface area contributed by atoms with E-state index in [0.717, 1.165) is 11.1 Å². The molecular weight excluding hydrogens is 492 g/mol. The molecule has 0 heterocycles. The monoisotopic (exact) mass is 518 g/mol. The first kappa shape index (κ1) is 25.1. The van der Waals surface area contributed by atoms with E-state index in [0.29, 0.717) is 40.4 Å². The summed E-state index contributed by atoms with van der Waals surface area (Å²) in [6.07, 6.45) is 1.53. The summed E-state index contributed by atoms with van der Waals surface area (Å²) >= 11 is 3.56. The number of amides is 1. The molecule has 3 aromatic carbocycles. The van der Waals surface area contributed by atoms with Gasteiger partial charge in [-0.25, -0.2) is 0 Å². The SMILES string of the molecule is CCOc1cc(/C=C(\C#N)C(=O)Nc2ccc(C)cc2)cc(Br)c1OCc1ccc(C)c(C)c1. The highest BCUT2D eigenvalue weighted by Gasteiger charge is 2.15. The molecule has 0 radical (unpaired) electrons. The molecular formula is C28H27BrN2O3. The lowest BCUT2D eigenvalue weighted by molar-refractivity contribution is -0.112. The van der Waals surface area contributed by atoms with Gasteiger partial charge in [0.2, 0.25) is 0 Å². The van der Waals surface area contributed by atoms with Gasteiger partial charge in [-0.15, -0.1) is 0 Å². The number of aryl methyl sites for hydroxylation is 3. The molecule has 3 aromatic rings. The second-order valence-corrected chi connectivity index (χ2v) is 8.81. The molecule has 0 aliphatic rings. The largest absolute Gasteiger partial charge is 0.490 e. The minimum absolute atomic E-state index is 0.0151. The van der Waals surface area contributed by atoms with Crippen molar-refractivity contribution in [3.63, 3.8) is 0 Å². The van der Waals surface area contributed by atoms with E-state index in [9.17, 15) is 10.1 Å². The number of ether oxygens (including phenoxy) is 2. The normalized spacial score (nSPS) is 11.0. The number of anilines is 1. The molecule has 0 aromatic heterocycles. The minimum atomic E-state index is -0.476. The number of nitrogens with zero attached hydrogens (tertiary/aromatic N) is 1. The van der Waals surface area contributed by atoms with Crippen LogP contribution >= 0.6 is 15.9 Å². The van der Waals surface area contributed by atoms with Gasteiger partial charge in [0.25, 0.3) is 5.91 Å². The van der Waals surface area contributed by atoms with Crippen LogP contribution in [0.1, 0.15) is 34.7 Å². The maximum absolute atomic E-state index is 12.6. The average molecular weight is 519 g/mol. The highest BCUT2D eigenvalue weighted by Crippen LogP contribution is 2.38. The third-order valence-corrected chi connectivity index (χ3v) is 5.86. The fourth-order valence-electron chi connectivity index (χ4n) is 3.27. The summed E-state index contributed by atoms with van der Waals surface area (Å²) in [7, 11) is 0. The van der Waals surface area contributed by atoms with E-state index in [1.165, 1.54) is 17.2 Å². The lowest BCUT2D eigenvalue weighted by Crippen LogP contribution is -2.13. The highest BCUT2D eigenvalue weighted by atomic mass is 79.9. The van der Waals surface area contributed by atoms with E-state index in [1.807, 2.05) is 38.1 Å². The average Bonchev–Trinajstić information content (AvgIpc) is 2.80. The summed E-state index contributed by atoms with van der Waals surface area (Å²) in [4.78, 5) is 12.6. The summed E-state index contributed by atoms with van der Waals surface area (Å²) in [6, 6.07) is 19.2. The van der Waals surface area contributed by atoms with Crippen molar-refractivity contribution in [2.45, 2.75) is 34.3 Å². The quantitative estimate of drug-likeness (QED) is 0.260. The molecule has 6 heteroatoms. The predicted molar refractivity (Wildman–Crippen MR) is 139 cm³/mol. The van der Waals surface area contributed by atoms with Crippen LogP contribution in [0.2, 0.25) is 0 Å². The van der Waals surface area contributed by atoms with Crippen LogP contribution in [0.3, 0.4) is 0 Å². The highest BCUT2D eigenvalue weighted by molar-refractivity contribution is 9.10. The Balaban J connectivity index is 1.84. The van der Waals surface area contributed by atoms with Crippen LogP contribution in [0.15, 0.2) is 64.6 Å². The van der Waals surface area contributed by atoms with Gasteiger partial charge in [-0.3, -0.25) is 4.79 Å². The number of benzene rings is 3. The van der Waals surface area contributed by atoms with Gasteiger partial charge in [-0.2, -0.15) is 5.26 Å². The zero-order valence-corrected chi connectivity index (χ0v) is 21.3. The fourth-order valence-corrected chi connectivity index (χ4v) is 3.85. The molecule has 0 saturated heterocycles. The lowest BCUT2D eigenvalue weighted by atomic mass is 10.1. The number of halogens is 1. The molecule has 0 unspecified atom stereocenters. The van der Waals surface area contributed by atoms with E-state index >= 15 is 0 Å². The van der Waals surface area contributed by atoms with Crippen LogP contribution in [0, 0.1) is 32.1 Å². The molecule has 34 heavy (non-hydrogen) atoms. The van der Waals surface area contributed by atoms with E-state index in [-0.39, 0.29) is 5.57 Å². The van der Waals surface area contributed by atoms with Crippen LogP contribution in [0.5, 0.6) is 11.5 Å². The van der Waals surface area contributed by atoms with Crippen molar-refractivity contribution >= 4 is 33.6 Å². The Morgan fingerprint density at radius 2 is 1.76 bits per heavy atom. The maximum Gasteiger partial charge on any atom is 0.266 e. The Morgan fingerprint density at radius 1 is 1.03 bits per heavy atom. The van der Waals surface area contributed by atoms with Gasteiger partial charge in [0, 0.05) is 5.69 Å². The van der Waals surface area contributed by atoms with Crippen LogP contribution < -0.4 is 14.8 Å². The second kappa shape index (κ2) is 11.5. The van der Waals surface area contributed by atoms with Crippen molar-refractivity contribution in [1.82, 2.24) is 0 Å². The standard InChI is InChI=1S/C28H27BrN2O3/c1-5-33-26-15-22(13-23(16-30)28(32)31-24-10-6-18(2)7-11-24)14-25(29)27(26)34-17-21-9-8-19(3)20(4)12-21/h6-15H,5,17H2,1-4H3,(H,31,32)/b23-13+.